The summed E-state index contributed by atoms with van der Waals surface area (Å²) in [6.07, 6.45) is 5.28. The zero-order valence-corrected chi connectivity index (χ0v) is 11.5. The Balaban J connectivity index is 1.94. The van der Waals surface area contributed by atoms with Crippen molar-refractivity contribution in [1.29, 1.82) is 0 Å². The molecule has 0 spiro atoms. The number of rotatable bonds is 3. The van der Waals surface area contributed by atoms with Crippen LogP contribution in [0.4, 0.5) is 0 Å². The van der Waals surface area contributed by atoms with Gasteiger partial charge in [-0.25, -0.2) is 0 Å². The number of hydrogen-bond donors (Lipinski definition) is 1. The predicted molar refractivity (Wildman–Crippen MR) is 73.1 cm³/mol. The molecule has 1 N–H and O–H groups in total. The minimum absolute atomic E-state index is 0.587. The second-order valence-electron chi connectivity index (χ2n) is 5.41. The van der Waals surface area contributed by atoms with Gasteiger partial charge < -0.3 is 5.32 Å². The van der Waals surface area contributed by atoms with Gasteiger partial charge in [0.2, 0.25) is 0 Å². The Morgan fingerprint density at radius 1 is 1.44 bits per heavy atom. The van der Waals surface area contributed by atoms with E-state index < -0.39 is 0 Å². The van der Waals surface area contributed by atoms with E-state index in [0.717, 1.165) is 5.92 Å². The van der Waals surface area contributed by atoms with Gasteiger partial charge in [0.1, 0.15) is 0 Å². The van der Waals surface area contributed by atoms with Gasteiger partial charge in [0, 0.05) is 11.8 Å². The third kappa shape index (κ3) is 2.73. The first kappa shape index (κ1) is 12.3. The van der Waals surface area contributed by atoms with Crippen LogP contribution in [0, 0.1) is 11.8 Å². The highest BCUT2D eigenvalue weighted by molar-refractivity contribution is 8.13. The van der Waals surface area contributed by atoms with Gasteiger partial charge in [-0.1, -0.05) is 39.0 Å². The molecule has 1 aliphatic heterocycles. The molecule has 3 atom stereocenters. The normalized spacial score (nSPS) is 31.1. The highest BCUT2D eigenvalue weighted by atomic mass is 32.2. The summed E-state index contributed by atoms with van der Waals surface area (Å²) in [5, 5.41) is 4.84. The van der Waals surface area contributed by atoms with E-state index >= 15 is 0 Å². The number of fused-ring (bicyclic) bond motifs is 1. The van der Waals surface area contributed by atoms with E-state index in [0.29, 0.717) is 18.0 Å². The number of aliphatic imine (C=N–C) groups is 1. The monoisotopic (exact) mass is 240 g/mol. The SMILES string of the molecule is CCC(NC1=NC2CCCC2CS1)C(C)C. The van der Waals surface area contributed by atoms with E-state index in [4.69, 9.17) is 4.99 Å². The van der Waals surface area contributed by atoms with Crippen molar-refractivity contribution in [1.82, 2.24) is 5.32 Å². The van der Waals surface area contributed by atoms with Crippen LogP contribution < -0.4 is 5.32 Å². The van der Waals surface area contributed by atoms with Gasteiger partial charge in [-0.15, -0.1) is 0 Å². The molecule has 0 bridgehead atoms. The molecule has 0 radical (unpaired) electrons. The maximum Gasteiger partial charge on any atom is 0.157 e. The summed E-state index contributed by atoms with van der Waals surface area (Å²) in [5.41, 5.74) is 0. The van der Waals surface area contributed by atoms with Gasteiger partial charge in [-0.2, -0.15) is 0 Å². The standard InChI is InChI=1S/C13H24N2S/c1-4-11(9(2)3)14-13-15-12-7-5-6-10(12)8-16-13/h9-12H,4-8H2,1-3H3,(H,14,15). The van der Waals surface area contributed by atoms with Crippen molar-refractivity contribution >= 4 is 16.9 Å². The minimum atomic E-state index is 0.587. The molecule has 1 fully saturated rings. The second kappa shape index (κ2) is 5.44. The van der Waals surface area contributed by atoms with Gasteiger partial charge in [0.15, 0.2) is 5.17 Å². The Bertz CT molecular complexity index is 263. The molecule has 2 aliphatic rings. The van der Waals surface area contributed by atoms with Crippen molar-refractivity contribution in [3.63, 3.8) is 0 Å². The van der Waals surface area contributed by atoms with Crippen molar-refractivity contribution in [3.05, 3.63) is 0 Å². The third-order valence-corrected chi connectivity index (χ3v) is 4.98. The second-order valence-corrected chi connectivity index (χ2v) is 6.42. The fourth-order valence-corrected chi connectivity index (χ4v) is 3.94. The molecule has 0 amide bonds. The highest BCUT2D eigenvalue weighted by Crippen LogP contribution is 2.35. The molecule has 92 valence electrons. The van der Waals surface area contributed by atoms with E-state index in [1.54, 1.807) is 0 Å². The molecular weight excluding hydrogens is 216 g/mol. The van der Waals surface area contributed by atoms with Crippen LogP contribution in [0.15, 0.2) is 4.99 Å². The minimum Gasteiger partial charge on any atom is -0.362 e. The van der Waals surface area contributed by atoms with Crippen molar-refractivity contribution in [2.45, 2.75) is 58.5 Å². The summed E-state index contributed by atoms with van der Waals surface area (Å²) >= 11 is 1.94. The van der Waals surface area contributed by atoms with Crippen molar-refractivity contribution < 1.29 is 0 Å². The molecule has 0 aromatic carbocycles. The smallest absolute Gasteiger partial charge is 0.157 e. The molecule has 2 rings (SSSR count). The van der Waals surface area contributed by atoms with Crippen LogP contribution in [0.3, 0.4) is 0 Å². The summed E-state index contributed by atoms with van der Waals surface area (Å²) in [5.74, 6) is 2.84. The molecule has 0 aromatic heterocycles. The number of nitrogens with one attached hydrogen (secondary N) is 1. The van der Waals surface area contributed by atoms with Gasteiger partial charge in [0.25, 0.3) is 0 Å². The maximum absolute atomic E-state index is 4.88. The van der Waals surface area contributed by atoms with Crippen LogP contribution in [0.2, 0.25) is 0 Å². The van der Waals surface area contributed by atoms with Crippen LogP contribution in [-0.2, 0) is 0 Å². The van der Waals surface area contributed by atoms with Crippen molar-refractivity contribution in [3.8, 4) is 0 Å². The Morgan fingerprint density at radius 3 is 2.94 bits per heavy atom. The molecule has 1 saturated carbocycles. The summed E-state index contributed by atoms with van der Waals surface area (Å²) in [4.78, 5) is 4.88. The van der Waals surface area contributed by atoms with Crippen LogP contribution in [0.25, 0.3) is 0 Å². The van der Waals surface area contributed by atoms with E-state index in [1.807, 2.05) is 11.8 Å². The zero-order valence-electron chi connectivity index (χ0n) is 10.7. The Kier molecular flexibility index (Phi) is 4.17. The van der Waals surface area contributed by atoms with E-state index in [-0.39, 0.29) is 0 Å². The molecular formula is C13H24N2S. The molecule has 2 nitrogen and oxygen atoms in total. The summed E-state index contributed by atoms with van der Waals surface area (Å²) in [6.45, 7) is 6.82. The quantitative estimate of drug-likeness (QED) is 0.818. The van der Waals surface area contributed by atoms with Crippen LogP contribution in [-0.4, -0.2) is 23.0 Å². The zero-order chi connectivity index (χ0) is 11.5. The Labute approximate surface area is 104 Å². The average Bonchev–Trinajstić information content (AvgIpc) is 2.72. The van der Waals surface area contributed by atoms with E-state index in [9.17, 15) is 0 Å². The number of hydrogen-bond acceptors (Lipinski definition) is 3. The molecule has 3 unspecified atom stereocenters. The van der Waals surface area contributed by atoms with Crippen LogP contribution >= 0.6 is 11.8 Å². The van der Waals surface area contributed by atoms with E-state index in [2.05, 4.69) is 26.1 Å². The largest absolute Gasteiger partial charge is 0.362 e. The number of nitrogens with zero attached hydrogens (tertiary/aromatic N) is 1. The highest BCUT2D eigenvalue weighted by Gasteiger charge is 2.31. The lowest BCUT2D eigenvalue weighted by molar-refractivity contribution is 0.440. The average molecular weight is 240 g/mol. The molecule has 16 heavy (non-hydrogen) atoms. The first-order valence-electron chi connectivity index (χ1n) is 6.67. The molecule has 0 saturated heterocycles. The third-order valence-electron chi connectivity index (χ3n) is 3.89. The Hall–Kier alpha value is -0.180. The predicted octanol–water partition coefficient (Wildman–Crippen LogP) is 3.28. The first-order chi connectivity index (χ1) is 7.70. The van der Waals surface area contributed by atoms with E-state index in [1.165, 1.54) is 36.6 Å². The summed E-state index contributed by atoms with van der Waals surface area (Å²) in [6, 6.07) is 1.22. The number of thioether (sulfide) groups is 1. The number of amidine groups is 1. The summed E-state index contributed by atoms with van der Waals surface area (Å²) in [7, 11) is 0. The fraction of sp³-hybridized carbons (Fsp3) is 0.923. The summed E-state index contributed by atoms with van der Waals surface area (Å²) < 4.78 is 0. The molecule has 1 heterocycles. The molecule has 3 heteroatoms. The fourth-order valence-electron chi connectivity index (χ4n) is 2.73. The first-order valence-corrected chi connectivity index (χ1v) is 7.66. The van der Waals surface area contributed by atoms with Gasteiger partial charge in [-0.05, 0) is 31.1 Å². The van der Waals surface area contributed by atoms with Crippen LogP contribution in [0.1, 0.15) is 46.5 Å². The van der Waals surface area contributed by atoms with Crippen molar-refractivity contribution in [2.24, 2.45) is 16.8 Å². The van der Waals surface area contributed by atoms with Gasteiger partial charge in [0.05, 0.1) is 6.04 Å². The van der Waals surface area contributed by atoms with Crippen LogP contribution in [0.5, 0.6) is 0 Å². The molecule has 1 aliphatic carbocycles. The Morgan fingerprint density at radius 2 is 2.25 bits per heavy atom. The lowest BCUT2D eigenvalue weighted by atomic mass is 10.0. The molecule has 0 aromatic rings. The van der Waals surface area contributed by atoms with Gasteiger partial charge >= 0.3 is 0 Å². The van der Waals surface area contributed by atoms with Gasteiger partial charge in [-0.3, -0.25) is 4.99 Å². The topological polar surface area (TPSA) is 24.4 Å². The van der Waals surface area contributed by atoms with Crippen molar-refractivity contribution in [2.75, 3.05) is 5.75 Å². The lowest BCUT2D eigenvalue weighted by Gasteiger charge is -2.28. The maximum atomic E-state index is 4.88. The lowest BCUT2D eigenvalue weighted by Crippen LogP contribution is -2.39.